The van der Waals surface area contributed by atoms with Gasteiger partial charge in [-0.2, -0.15) is 0 Å². The number of likely N-dealkylation sites (N-methyl/N-ethyl adjacent to an activating group) is 1. The molecule has 0 aliphatic carbocycles. The molecule has 0 unspecified atom stereocenters. The van der Waals surface area contributed by atoms with E-state index in [0.29, 0.717) is 35.5 Å². The molecule has 0 amide bonds. The predicted octanol–water partition coefficient (Wildman–Crippen LogP) is 3.09. The Kier molecular flexibility index (Phi) is 7.02. The van der Waals surface area contributed by atoms with Crippen LogP contribution in [0, 0.1) is 11.6 Å². The smallest absolute Gasteiger partial charge is 0.323 e. The molecule has 8 heteroatoms. The van der Waals surface area contributed by atoms with Crippen LogP contribution in [0.1, 0.15) is 11.3 Å². The summed E-state index contributed by atoms with van der Waals surface area (Å²) < 4.78 is 34.8. The Bertz CT molecular complexity index is 1160. The highest BCUT2D eigenvalue weighted by Gasteiger charge is 2.15. The molecule has 0 spiro atoms. The van der Waals surface area contributed by atoms with Crippen molar-refractivity contribution in [2.24, 2.45) is 0 Å². The molecule has 1 N–H and O–H groups in total. The minimum Gasteiger partial charge on any atom is -0.492 e. The number of aryl methyl sites for hydroxylation is 2. The Balaban J connectivity index is 1.99. The van der Waals surface area contributed by atoms with Crippen LogP contribution < -0.4 is 10.2 Å². The van der Waals surface area contributed by atoms with Gasteiger partial charge in [-0.25, -0.2) is 8.78 Å². The Morgan fingerprint density at radius 3 is 2.61 bits per heavy atom. The zero-order valence-corrected chi connectivity index (χ0v) is 17.4. The number of fused-ring (bicyclic) bond motifs is 1. The lowest BCUT2D eigenvalue weighted by Crippen LogP contribution is -2.20. The van der Waals surface area contributed by atoms with Gasteiger partial charge in [0.15, 0.2) is 17.1 Å². The number of hydrogen-bond donors (Lipinski definition) is 1. The molecule has 0 saturated carbocycles. The topological polar surface area (TPSA) is 71.8 Å². The molecule has 0 radical (unpaired) electrons. The van der Waals surface area contributed by atoms with Crippen molar-refractivity contribution in [2.45, 2.75) is 19.4 Å². The summed E-state index contributed by atoms with van der Waals surface area (Å²) in [4.78, 5) is 26.1. The predicted molar refractivity (Wildman–Crippen MR) is 114 cm³/mol. The van der Waals surface area contributed by atoms with Gasteiger partial charge in [0, 0.05) is 29.8 Å². The molecular weight excluding hydrogens is 406 g/mol. The second-order valence-electron chi connectivity index (χ2n) is 7.52. The summed E-state index contributed by atoms with van der Waals surface area (Å²) in [5.74, 6) is -2.45. The number of ether oxygens (including phenoxy) is 1. The minimum absolute atomic E-state index is 0.118. The molecule has 164 valence electrons. The van der Waals surface area contributed by atoms with Crippen LogP contribution in [0.3, 0.4) is 0 Å². The average molecular weight is 430 g/mol. The molecule has 1 aromatic heterocycles. The molecule has 0 atom stereocenters. The number of rotatable bonds is 9. The monoisotopic (exact) mass is 430 g/mol. The number of nitrogens with zero attached hydrogens (tertiary/aromatic N) is 2. The fraction of sp³-hybridized carbons (Fsp3) is 0.304. The van der Waals surface area contributed by atoms with Gasteiger partial charge in [0.05, 0.1) is 5.52 Å². The number of carboxylic acid groups (broad SMARTS) is 1. The van der Waals surface area contributed by atoms with Crippen molar-refractivity contribution in [3.05, 3.63) is 75.6 Å². The van der Waals surface area contributed by atoms with E-state index < -0.39 is 17.6 Å². The Morgan fingerprint density at radius 2 is 1.90 bits per heavy atom. The maximum atomic E-state index is 14.0. The Labute approximate surface area is 178 Å². The zero-order chi connectivity index (χ0) is 22.5. The lowest BCUT2D eigenvalue weighted by atomic mass is 10.0. The van der Waals surface area contributed by atoms with Crippen molar-refractivity contribution < 1.29 is 23.4 Å². The van der Waals surface area contributed by atoms with Crippen molar-refractivity contribution in [3.63, 3.8) is 0 Å². The van der Waals surface area contributed by atoms with Crippen molar-refractivity contribution in [3.8, 4) is 5.75 Å². The van der Waals surface area contributed by atoms with Crippen molar-refractivity contribution in [1.82, 2.24) is 9.47 Å². The van der Waals surface area contributed by atoms with E-state index in [0.717, 1.165) is 6.07 Å². The van der Waals surface area contributed by atoms with Gasteiger partial charge in [-0.1, -0.05) is 12.1 Å². The fourth-order valence-electron chi connectivity index (χ4n) is 3.37. The standard InChI is InChI=1S/C23H24F2N2O4/c1-26(2)10-11-31-17-8-9-18-20(13-17)27(14-22(29)30)16(12-21(18)28)7-6-15-4-3-5-19(24)23(15)25/h3-5,8-9,12-13H,6-7,10-11,14H2,1-2H3,(H,29,30). The van der Waals surface area contributed by atoms with E-state index in [-0.39, 0.29) is 30.4 Å². The second kappa shape index (κ2) is 9.70. The maximum Gasteiger partial charge on any atom is 0.323 e. The van der Waals surface area contributed by atoms with Crippen LogP contribution in [-0.4, -0.2) is 47.8 Å². The van der Waals surface area contributed by atoms with E-state index in [2.05, 4.69) is 0 Å². The van der Waals surface area contributed by atoms with Crippen LogP contribution in [0.5, 0.6) is 5.75 Å². The molecule has 3 rings (SSSR count). The summed E-state index contributed by atoms with van der Waals surface area (Å²) in [6.45, 7) is 0.748. The molecule has 0 aliphatic rings. The largest absolute Gasteiger partial charge is 0.492 e. The maximum absolute atomic E-state index is 14.0. The van der Waals surface area contributed by atoms with E-state index >= 15 is 0 Å². The number of aromatic nitrogens is 1. The summed E-state index contributed by atoms with van der Waals surface area (Å²) in [6, 6.07) is 10.2. The number of pyridine rings is 1. The van der Waals surface area contributed by atoms with Gasteiger partial charge in [-0.05, 0) is 50.7 Å². The van der Waals surface area contributed by atoms with Gasteiger partial charge < -0.3 is 19.3 Å². The molecule has 0 saturated heterocycles. The Morgan fingerprint density at radius 1 is 1.13 bits per heavy atom. The third-order valence-corrected chi connectivity index (χ3v) is 4.95. The van der Waals surface area contributed by atoms with Crippen LogP contribution in [0.4, 0.5) is 8.78 Å². The first-order valence-corrected chi connectivity index (χ1v) is 9.85. The molecule has 0 aliphatic heterocycles. The molecule has 6 nitrogen and oxygen atoms in total. The highest BCUT2D eigenvalue weighted by Crippen LogP contribution is 2.22. The second-order valence-corrected chi connectivity index (χ2v) is 7.52. The van der Waals surface area contributed by atoms with E-state index in [9.17, 15) is 23.5 Å². The van der Waals surface area contributed by atoms with Crippen LogP contribution in [0.2, 0.25) is 0 Å². The summed E-state index contributed by atoms with van der Waals surface area (Å²) in [5, 5.41) is 9.78. The summed E-state index contributed by atoms with van der Waals surface area (Å²) >= 11 is 0. The molecule has 31 heavy (non-hydrogen) atoms. The third kappa shape index (κ3) is 5.46. The highest BCUT2D eigenvalue weighted by atomic mass is 19.2. The number of benzene rings is 2. The van der Waals surface area contributed by atoms with Gasteiger partial charge in [-0.15, -0.1) is 0 Å². The highest BCUT2D eigenvalue weighted by molar-refractivity contribution is 5.82. The van der Waals surface area contributed by atoms with Gasteiger partial charge in [0.1, 0.15) is 18.9 Å². The third-order valence-electron chi connectivity index (χ3n) is 4.95. The van der Waals surface area contributed by atoms with Crippen molar-refractivity contribution in [1.29, 1.82) is 0 Å². The molecule has 3 aromatic rings. The van der Waals surface area contributed by atoms with Crippen molar-refractivity contribution >= 4 is 16.9 Å². The van der Waals surface area contributed by atoms with Crippen molar-refractivity contribution in [2.75, 3.05) is 27.2 Å². The molecule has 0 bridgehead atoms. The van der Waals surface area contributed by atoms with E-state index in [4.69, 9.17) is 4.74 Å². The summed E-state index contributed by atoms with van der Waals surface area (Å²) in [7, 11) is 3.84. The first-order chi connectivity index (χ1) is 14.8. The van der Waals surface area contributed by atoms with Gasteiger partial charge in [-0.3, -0.25) is 9.59 Å². The average Bonchev–Trinajstić information content (AvgIpc) is 2.71. The number of carbonyl (C=O) groups is 1. The minimum atomic E-state index is -1.08. The van der Waals surface area contributed by atoms with Gasteiger partial charge in [0.25, 0.3) is 0 Å². The quantitative estimate of drug-likeness (QED) is 0.565. The van der Waals surface area contributed by atoms with Gasteiger partial charge >= 0.3 is 5.97 Å². The first kappa shape index (κ1) is 22.4. The van der Waals surface area contributed by atoms with Crippen LogP contribution in [0.25, 0.3) is 10.9 Å². The normalized spacial score (nSPS) is 11.3. The molecule has 0 fully saturated rings. The fourth-order valence-corrected chi connectivity index (χ4v) is 3.37. The summed E-state index contributed by atoms with van der Waals surface area (Å²) in [6.07, 6.45) is 0.289. The Hall–Kier alpha value is -3.26. The SMILES string of the molecule is CN(C)CCOc1ccc2c(=O)cc(CCc3cccc(F)c3F)n(CC(=O)O)c2c1. The first-order valence-electron chi connectivity index (χ1n) is 9.85. The van der Waals surface area contributed by atoms with E-state index in [1.807, 2.05) is 19.0 Å². The molecule has 2 aromatic carbocycles. The lowest BCUT2D eigenvalue weighted by Gasteiger charge is -2.17. The number of carboxylic acids is 1. The van der Waals surface area contributed by atoms with Crippen LogP contribution in [0.15, 0.2) is 47.3 Å². The number of halogens is 2. The lowest BCUT2D eigenvalue weighted by molar-refractivity contribution is -0.137. The van der Waals surface area contributed by atoms with Crippen LogP contribution >= 0.6 is 0 Å². The molecule has 1 heterocycles. The van der Waals surface area contributed by atoms with Gasteiger partial charge in [0.2, 0.25) is 0 Å². The van der Waals surface area contributed by atoms with E-state index in [1.165, 1.54) is 22.8 Å². The van der Waals surface area contributed by atoms with Crippen LogP contribution in [-0.2, 0) is 24.2 Å². The van der Waals surface area contributed by atoms with E-state index in [1.54, 1.807) is 18.2 Å². The zero-order valence-electron chi connectivity index (χ0n) is 17.4. The number of aliphatic carboxylic acids is 1. The summed E-state index contributed by atoms with van der Waals surface area (Å²) in [5.41, 5.74) is 0.738. The number of hydrogen-bond acceptors (Lipinski definition) is 4. The molecular formula is C23H24F2N2O4.